The molecule has 0 N–H and O–H groups in total. The van der Waals surface area contributed by atoms with E-state index in [1.165, 1.54) is 21.9 Å². The van der Waals surface area contributed by atoms with Gasteiger partial charge >= 0.3 is 0 Å². The number of halogens is 2. The summed E-state index contributed by atoms with van der Waals surface area (Å²) in [5.74, 6) is -0.486. The molecule has 10 heteroatoms. The van der Waals surface area contributed by atoms with Gasteiger partial charge in [-0.3, -0.25) is 4.79 Å². The van der Waals surface area contributed by atoms with Crippen molar-refractivity contribution in [2.45, 2.75) is 12.8 Å². The number of nitrogens with zero attached hydrogens (tertiary/aromatic N) is 3. The molecule has 1 aliphatic rings. The van der Waals surface area contributed by atoms with Gasteiger partial charge in [0.05, 0.1) is 26.5 Å². The fourth-order valence-electron chi connectivity index (χ4n) is 2.90. The van der Waals surface area contributed by atoms with Gasteiger partial charge in [-0.1, -0.05) is 34.5 Å². The summed E-state index contributed by atoms with van der Waals surface area (Å²) in [5, 5.41) is 0.891. The standard InChI is InChI=1S/C15H17Cl2N3O3S2/c1-19-13-11(4-3-10(16)12(13)17)24-15(19)18-14(21)9-5-7-20(8-6-9)25(2,22)23/h3-4,9H,5-8H2,1-2H3. The number of rotatable bonds is 2. The minimum absolute atomic E-state index is 0.225. The Labute approximate surface area is 159 Å². The van der Waals surface area contributed by atoms with Crippen molar-refractivity contribution in [1.29, 1.82) is 0 Å². The van der Waals surface area contributed by atoms with E-state index in [2.05, 4.69) is 4.99 Å². The number of amides is 1. The largest absolute Gasteiger partial charge is 0.318 e. The third-order valence-electron chi connectivity index (χ3n) is 4.33. The molecule has 0 aliphatic carbocycles. The first-order valence-electron chi connectivity index (χ1n) is 7.65. The number of carbonyl (C=O) groups is 1. The average molecular weight is 422 g/mol. The Morgan fingerprint density at radius 2 is 1.92 bits per heavy atom. The van der Waals surface area contributed by atoms with Crippen LogP contribution in [0.3, 0.4) is 0 Å². The van der Waals surface area contributed by atoms with Gasteiger partial charge in [0.2, 0.25) is 10.0 Å². The second-order valence-electron chi connectivity index (χ2n) is 6.04. The first kappa shape index (κ1) is 18.8. The predicted molar refractivity (Wildman–Crippen MR) is 101 cm³/mol. The molecule has 0 radical (unpaired) electrons. The molecular formula is C15H17Cl2N3O3S2. The van der Waals surface area contributed by atoms with Crippen LogP contribution in [0.25, 0.3) is 10.2 Å². The van der Waals surface area contributed by atoms with Crippen LogP contribution in [0.2, 0.25) is 10.0 Å². The Morgan fingerprint density at radius 3 is 2.52 bits per heavy atom. The van der Waals surface area contributed by atoms with Gasteiger partial charge in [-0.15, -0.1) is 0 Å². The van der Waals surface area contributed by atoms with Crippen molar-refractivity contribution in [2.75, 3.05) is 19.3 Å². The number of thiazole rings is 1. The second-order valence-corrected chi connectivity index (χ2v) is 9.81. The van der Waals surface area contributed by atoms with Crippen molar-refractivity contribution in [3.05, 3.63) is 27.0 Å². The smallest absolute Gasteiger partial charge is 0.251 e. The highest BCUT2D eigenvalue weighted by molar-refractivity contribution is 7.88. The second kappa shape index (κ2) is 7.00. The van der Waals surface area contributed by atoms with Gasteiger partial charge in [-0.25, -0.2) is 12.7 Å². The number of aryl methyl sites for hydroxylation is 1. The van der Waals surface area contributed by atoms with Gasteiger partial charge in [-0.05, 0) is 25.0 Å². The maximum atomic E-state index is 12.5. The van der Waals surface area contributed by atoms with E-state index < -0.39 is 10.0 Å². The van der Waals surface area contributed by atoms with Crippen LogP contribution in [-0.4, -0.2) is 42.5 Å². The van der Waals surface area contributed by atoms with Crippen molar-refractivity contribution < 1.29 is 13.2 Å². The van der Waals surface area contributed by atoms with Crippen LogP contribution >= 0.6 is 34.5 Å². The van der Waals surface area contributed by atoms with Crippen molar-refractivity contribution in [1.82, 2.24) is 8.87 Å². The lowest BCUT2D eigenvalue weighted by Crippen LogP contribution is -2.39. The fourth-order valence-corrected chi connectivity index (χ4v) is 5.30. The molecule has 1 aliphatic heterocycles. The van der Waals surface area contributed by atoms with Crippen molar-refractivity contribution in [3.63, 3.8) is 0 Å². The molecule has 25 heavy (non-hydrogen) atoms. The molecule has 0 atom stereocenters. The molecule has 3 rings (SSSR count). The summed E-state index contributed by atoms with van der Waals surface area (Å²) in [7, 11) is -1.41. The lowest BCUT2D eigenvalue weighted by atomic mass is 9.98. The third kappa shape index (κ3) is 3.78. The molecule has 0 spiro atoms. The summed E-state index contributed by atoms with van der Waals surface area (Å²) in [5.41, 5.74) is 0.748. The van der Waals surface area contributed by atoms with Gasteiger partial charge in [0.1, 0.15) is 0 Å². The van der Waals surface area contributed by atoms with Gasteiger partial charge < -0.3 is 4.57 Å². The number of hydrogen-bond acceptors (Lipinski definition) is 4. The molecule has 1 saturated heterocycles. The SMILES string of the molecule is Cn1c(=NC(=O)C2CCN(S(C)(=O)=O)CC2)sc2ccc(Cl)c(Cl)c21. The quantitative estimate of drug-likeness (QED) is 0.747. The number of carbonyl (C=O) groups excluding carboxylic acids is 1. The highest BCUT2D eigenvalue weighted by Gasteiger charge is 2.28. The van der Waals surface area contributed by atoms with E-state index in [1.807, 2.05) is 6.07 Å². The molecular weight excluding hydrogens is 405 g/mol. The summed E-state index contributed by atoms with van der Waals surface area (Å²) < 4.78 is 27.2. The van der Waals surface area contributed by atoms with Crippen LogP contribution in [0, 0.1) is 5.92 Å². The highest BCUT2D eigenvalue weighted by atomic mass is 35.5. The molecule has 0 bridgehead atoms. The Balaban J connectivity index is 1.87. The average Bonchev–Trinajstić information content (AvgIpc) is 2.87. The van der Waals surface area contributed by atoms with Gasteiger partial charge in [0, 0.05) is 26.1 Å². The van der Waals surface area contributed by atoms with Crippen molar-refractivity contribution >= 4 is 60.7 Å². The monoisotopic (exact) mass is 421 g/mol. The Bertz CT molecular complexity index is 1000. The van der Waals surface area contributed by atoms with Crippen molar-refractivity contribution in [3.8, 4) is 0 Å². The first-order valence-corrected chi connectivity index (χ1v) is 11.1. The fraction of sp³-hybridized carbons (Fsp3) is 0.467. The molecule has 1 amide bonds. The lowest BCUT2D eigenvalue weighted by molar-refractivity contribution is -0.122. The summed E-state index contributed by atoms with van der Waals surface area (Å²) in [4.78, 5) is 17.3. The molecule has 0 saturated carbocycles. The summed E-state index contributed by atoms with van der Waals surface area (Å²) in [6.07, 6.45) is 2.15. The minimum Gasteiger partial charge on any atom is -0.318 e. The Hall–Kier alpha value is -0.930. The van der Waals surface area contributed by atoms with Crippen molar-refractivity contribution in [2.24, 2.45) is 18.0 Å². The van der Waals surface area contributed by atoms with Crippen LogP contribution in [0.5, 0.6) is 0 Å². The molecule has 6 nitrogen and oxygen atoms in total. The van der Waals surface area contributed by atoms with E-state index in [1.54, 1.807) is 17.7 Å². The van der Waals surface area contributed by atoms with Gasteiger partial charge in [0.15, 0.2) is 4.80 Å². The predicted octanol–water partition coefficient (Wildman–Crippen LogP) is 2.65. The minimum atomic E-state index is -3.20. The number of fused-ring (bicyclic) bond motifs is 1. The van der Waals surface area contributed by atoms with E-state index in [0.29, 0.717) is 40.8 Å². The summed E-state index contributed by atoms with van der Waals surface area (Å²) in [6.45, 7) is 0.704. The van der Waals surface area contributed by atoms with Crippen LogP contribution in [0.15, 0.2) is 17.1 Å². The lowest BCUT2D eigenvalue weighted by Gasteiger charge is -2.28. The number of hydrogen-bond donors (Lipinski definition) is 0. The van der Waals surface area contributed by atoms with E-state index in [0.717, 1.165) is 10.2 Å². The maximum Gasteiger partial charge on any atom is 0.251 e. The topological polar surface area (TPSA) is 71.7 Å². The zero-order valence-corrected chi connectivity index (χ0v) is 16.8. The normalized spacial score (nSPS) is 18.2. The number of aromatic nitrogens is 1. The third-order valence-corrected chi connectivity index (χ3v) is 7.53. The zero-order valence-electron chi connectivity index (χ0n) is 13.7. The van der Waals surface area contributed by atoms with E-state index in [-0.39, 0.29) is 11.8 Å². The van der Waals surface area contributed by atoms with Crippen LogP contribution in [0.1, 0.15) is 12.8 Å². The van der Waals surface area contributed by atoms with E-state index in [4.69, 9.17) is 23.2 Å². The number of sulfonamides is 1. The molecule has 2 aromatic rings. The van der Waals surface area contributed by atoms with Crippen LogP contribution < -0.4 is 4.80 Å². The Morgan fingerprint density at radius 1 is 1.28 bits per heavy atom. The maximum absolute atomic E-state index is 12.5. The van der Waals surface area contributed by atoms with Crippen LogP contribution in [-0.2, 0) is 21.9 Å². The molecule has 1 fully saturated rings. The van der Waals surface area contributed by atoms with E-state index in [9.17, 15) is 13.2 Å². The number of piperidine rings is 1. The molecule has 1 aromatic heterocycles. The zero-order chi connectivity index (χ0) is 18.4. The molecule has 2 heterocycles. The summed E-state index contributed by atoms with van der Waals surface area (Å²) in [6, 6.07) is 3.57. The van der Waals surface area contributed by atoms with E-state index >= 15 is 0 Å². The molecule has 136 valence electrons. The Kier molecular flexibility index (Phi) is 5.28. The summed E-state index contributed by atoms with van der Waals surface area (Å²) >= 11 is 13.7. The first-order chi connectivity index (χ1) is 11.7. The molecule has 1 aromatic carbocycles. The van der Waals surface area contributed by atoms with Crippen LogP contribution in [0.4, 0.5) is 0 Å². The molecule has 0 unspecified atom stereocenters. The van der Waals surface area contributed by atoms with Gasteiger partial charge in [0.25, 0.3) is 5.91 Å². The highest BCUT2D eigenvalue weighted by Crippen LogP contribution is 2.31. The number of benzene rings is 1. The van der Waals surface area contributed by atoms with Gasteiger partial charge in [-0.2, -0.15) is 4.99 Å².